The molecule has 8 nitrogen and oxygen atoms in total. The van der Waals surface area contributed by atoms with E-state index in [2.05, 4.69) is 5.32 Å². The number of hydrogen-bond acceptors (Lipinski definition) is 5. The minimum absolute atomic E-state index is 0.0120. The third-order valence-electron chi connectivity index (χ3n) is 6.15. The molecule has 0 aromatic heterocycles. The van der Waals surface area contributed by atoms with Crippen molar-refractivity contribution in [2.24, 2.45) is 0 Å². The second-order valence-electron chi connectivity index (χ2n) is 8.30. The van der Waals surface area contributed by atoms with Crippen LogP contribution in [0.2, 0.25) is 0 Å². The molecule has 9 heteroatoms. The first-order valence-corrected chi connectivity index (χ1v) is 11.8. The second kappa shape index (κ2) is 10.2. The molecule has 0 saturated carbocycles. The first-order chi connectivity index (χ1) is 16.4. The molecule has 1 atom stereocenters. The van der Waals surface area contributed by atoms with E-state index in [4.69, 9.17) is 17.0 Å². The van der Waals surface area contributed by atoms with Crippen molar-refractivity contribution in [2.75, 3.05) is 30.4 Å². The van der Waals surface area contributed by atoms with Gasteiger partial charge in [-0.3, -0.25) is 19.3 Å². The van der Waals surface area contributed by atoms with Crippen LogP contribution in [0.15, 0.2) is 48.5 Å². The van der Waals surface area contributed by atoms with E-state index in [1.165, 1.54) is 4.90 Å². The SMILES string of the molecule is CCN1C(=O)[C@@H](CC(=O)Nc2ccc(OC)cc2)N(Cc2ccc(N3CCCC3=O)cc2)C1=S. The highest BCUT2D eigenvalue weighted by Gasteiger charge is 2.42. The molecule has 2 saturated heterocycles. The van der Waals surface area contributed by atoms with Crippen LogP contribution in [0.25, 0.3) is 0 Å². The molecule has 178 valence electrons. The Labute approximate surface area is 204 Å². The van der Waals surface area contributed by atoms with Gasteiger partial charge in [0.25, 0.3) is 5.91 Å². The van der Waals surface area contributed by atoms with Crippen molar-refractivity contribution in [2.45, 2.75) is 38.8 Å². The molecule has 4 rings (SSSR count). The number of likely N-dealkylation sites (N-methyl/N-ethyl adjacent to an activating group) is 1. The van der Waals surface area contributed by atoms with Crippen LogP contribution in [-0.4, -0.2) is 58.9 Å². The van der Waals surface area contributed by atoms with Gasteiger partial charge in [0, 0.05) is 37.4 Å². The first kappa shape index (κ1) is 23.7. The predicted molar refractivity (Wildman–Crippen MR) is 134 cm³/mol. The summed E-state index contributed by atoms with van der Waals surface area (Å²) in [6, 6.07) is 14.1. The zero-order valence-corrected chi connectivity index (χ0v) is 20.1. The molecular weight excluding hydrogens is 452 g/mol. The molecule has 0 aliphatic carbocycles. The number of rotatable bonds is 8. The Morgan fingerprint density at radius 3 is 2.41 bits per heavy atom. The van der Waals surface area contributed by atoms with E-state index >= 15 is 0 Å². The molecule has 2 aliphatic rings. The zero-order chi connectivity index (χ0) is 24.2. The maximum absolute atomic E-state index is 13.0. The van der Waals surface area contributed by atoms with E-state index in [9.17, 15) is 14.4 Å². The number of thiocarbonyl (C=S) groups is 1. The van der Waals surface area contributed by atoms with Crippen LogP contribution in [0.5, 0.6) is 5.75 Å². The first-order valence-electron chi connectivity index (χ1n) is 11.4. The number of hydrogen-bond donors (Lipinski definition) is 1. The monoisotopic (exact) mass is 480 g/mol. The average molecular weight is 481 g/mol. The molecule has 2 fully saturated rings. The number of benzene rings is 2. The quantitative estimate of drug-likeness (QED) is 0.585. The van der Waals surface area contributed by atoms with Gasteiger partial charge in [0.2, 0.25) is 11.8 Å². The van der Waals surface area contributed by atoms with Gasteiger partial charge < -0.3 is 19.9 Å². The molecule has 0 spiro atoms. The number of ether oxygens (including phenoxy) is 1. The molecule has 2 aromatic rings. The summed E-state index contributed by atoms with van der Waals surface area (Å²) in [6.07, 6.45) is 1.44. The highest BCUT2D eigenvalue weighted by molar-refractivity contribution is 7.80. The van der Waals surface area contributed by atoms with Gasteiger partial charge in [-0.2, -0.15) is 0 Å². The van der Waals surface area contributed by atoms with Gasteiger partial charge in [-0.1, -0.05) is 12.1 Å². The number of nitrogens with one attached hydrogen (secondary N) is 1. The Hall–Kier alpha value is -3.46. The van der Waals surface area contributed by atoms with Crippen LogP contribution in [-0.2, 0) is 20.9 Å². The van der Waals surface area contributed by atoms with Crippen LogP contribution in [0.3, 0.4) is 0 Å². The normalized spacial score (nSPS) is 18.1. The van der Waals surface area contributed by atoms with Crippen LogP contribution in [0, 0.1) is 0 Å². The van der Waals surface area contributed by atoms with Gasteiger partial charge in [0.1, 0.15) is 11.8 Å². The van der Waals surface area contributed by atoms with E-state index < -0.39 is 6.04 Å². The Kier molecular flexibility index (Phi) is 7.12. The highest BCUT2D eigenvalue weighted by Crippen LogP contribution is 2.26. The minimum atomic E-state index is -0.675. The number of carbonyl (C=O) groups is 3. The molecule has 3 amide bonds. The summed E-state index contributed by atoms with van der Waals surface area (Å²) >= 11 is 5.59. The minimum Gasteiger partial charge on any atom is -0.497 e. The molecular formula is C25H28N4O4S. The van der Waals surface area contributed by atoms with Crippen molar-refractivity contribution < 1.29 is 19.1 Å². The Morgan fingerprint density at radius 2 is 1.82 bits per heavy atom. The summed E-state index contributed by atoms with van der Waals surface area (Å²) in [5.41, 5.74) is 2.45. The van der Waals surface area contributed by atoms with Gasteiger partial charge in [-0.15, -0.1) is 0 Å². The van der Waals surface area contributed by atoms with Crippen LogP contribution < -0.4 is 15.0 Å². The Balaban J connectivity index is 1.46. The van der Waals surface area contributed by atoms with E-state index in [1.807, 2.05) is 36.1 Å². The molecule has 1 N–H and O–H groups in total. The van der Waals surface area contributed by atoms with Crippen molar-refractivity contribution in [3.63, 3.8) is 0 Å². The third kappa shape index (κ3) is 4.89. The highest BCUT2D eigenvalue weighted by atomic mass is 32.1. The lowest BCUT2D eigenvalue weighted by Crippen LogP contribution is -2.37. The van der Waals surface area contributed by atoms with Gasteiger partial charge >= 0.3 is 0 Å². The smallest absolute Gasteiger partial charge is 0.252 e. The summed E-state index contributed by atoms with van der Waals surface area (Å²) in [7, 11) is 1.58. The average Bonchev–Trinajstić information content (AvgIpc) is 3.36. The van der Waals surface area contributed by atoms with Crippen molar-refractivity contribution in [1.29, 1.82) is 0 Å². The molecule has 34 heavy (non-hydrogen) atoms. The standard InChI is InChI=1S/C25H28N4O4S/c1-3-27-24(32)21(15-22(30)26-18-8-12-20(33-2)13-9-18)29(25(27)34)16-17-6-10-19(11-7-17)28-14-4-5-23(28)31/h6-13,21H,3-5,14-16H2,1-2H3,(H,26,30)/t21-/m1/s1. The summed E-state index contributed by atoms with van der Waals surface area (Å²) in [5.74, 6) is 0.397. The van der Waals surface area contributed by atoms with Gasteiger partial charge in [0.15, 0.2) is 5.11 Å². The largest absolute Gasteiger partial charge is 0.497 e. The van der Waals surface area contributed by atoms with Crippen LogP contribution >= 0.6 is 12.2 Å². The summed E-state index contributed by atoms with van der Waals surface area (Å²) in [6.45, 7) is 3.44. The summed E-state index contributed by atoms with van der Waals surface area (Å²) < 4.78 is 5.14. The molecule has 2 aliphatic heterocycles. The predicted octanol–water partition coefficient (Wildman–Crippen LogP) is 3.17. The van der Waals surface area contributed by atoms with Gasteiger partial charge in [0.05, 0.1) is 13.5 Å². The van der Waals surface area contributed by atoms with E-state index in [0.717, 1.165) is 24.2 Å². The lowest BCUT2D eigenvalue weighted by Gasteiger charge is -2.24. The van der Waals surface area contributed by atoms with E-state index in [0.29, 0.717) is 36.1 Å². The van der Waals surface area contributed by atoms with Crippen molar-refractivity contribution in [3.8, 4) is 5.75 Å². The van der Waals surface area contributed by atoms with Crippen molar-refractivity contribution in [1.82, 2.24) is 9.80 Å². The third-order valence-corrected chi connectivity index (χ3v) is 6.60. The fourth-order valence-corrected chi connectivity index (χ4v) is 4.73. The lowest BCUT2D eigenvalue weighted by atomic mass is 10.1. The number of carbonyl (C=O) groups excluding carboxylic acids is 3. The fraction of sp³-hybridized carbons (Fsp3) is 0.360. The molecule has 2 heterocycles. The lowest BCUT2D eigenvalue weighted by molar-refractivity contribution is -0.130. The van der Waals surface area contributed by atoms with E-state index in [-0.39, 0.29) is 24.1 Å². The number of anilines is 2. The summed E-state index contributed by atoms with van der Waals surface area (Å²) in [5, 5.41) is 3.27. The number of amides is 3. The van der Waals surface area contributed by atoms with Gasteiger partial charge in [-0.25, -0.2) is 0 Å². The summed E-state index contributed by atoms with van der Waals surface area (Å²) in [4.78, 5) is 43.0. The van der Waals surface area contributed by atoms with Crippen molar-refractivity contribution >= 4 is 46.4 Å². The van der Waals surface area contributed by atoms with E-state index in [1.54, 1.807) is 36.3 Å². The second-order valence-corrected chi connectivity index (χ2v) is 8.67. The zero-order valence-electron chi connectivity index (χ0n) is 19.3. The fourth-order valence-electron chi connectivity index (χ4n) is 4.32. The Bertz CT molecular complexity index is 1090. The van der Waals surface area contributed by atoms with Crippen molar-refractivity contribution in [3.05, 3.63) is 54.1 Å². The number of methoxy groups -OCH3 is 1. The molecule has 0 bridgehead atoms. The maximum Gasteiger partial charge on any atom is 0.252 e. The topological polar surface area (TPSA) is 82.2 Å². The maximum atomic E-state index is 13.0. The Morgan fingerprint density at radius 1 is 1.12 bits per heavy atom. The molecule has 0 unspecified atom stereocenters. The number of nitrogens with zero attached hydrogens (tertiary/aromatic N) is 3. The van der Waals surface area contributed by atoms with Crippen LogP contribution in [0.1, 0.15) is 31.7 Å². The molecule has 2 aromatic carbocycles. The van der Waals surface area contributed by atoms with Gasteiger partial charge in [-0.05, 0) is 67.5 Å². The van der Waals surface area contributed by atoms with Crippen LogP contribution in [0.4, 0.5) is 11.4 Å². The molecule has 0 radical (unpaired) electrons.